The van der Waals surface area contributed by atoms with Crippen LogP contribution in [-0.2, 0) is 4.79 Å². The first-order valence-electron chi connectivity index (χ1n) is 6.14. The lowest BCUT2D eigenvalue weighted by Gasteiger charge is -2.22. The van der Waals surface area contributed by atoms with Crippen LogP contribution in [0.4, 0.5) is 0 Å². The summed E-state index contributed by atoms with van der Waals surface area (Å²) < 4.78 is 0. The zero-order valence-corrected chi connectivity index (χ0v) is 10.8. The predicted molar refractivity (Wildman–Crippen MR) is 67.0 cm³/mol. The van der Waals surface area contributed by atoms with Crippen molar-refractivity contribution in [2.75, 3.05) is 12.3 Å². The first-order chi connectivity index (χ1) is 7.25. The van der Waals surface area contributed by atoms with Gasteiger partial charge in [-0.3, -0.25) is 4.79 Å². The molecule has 0 aromatic rings. The molecule has 0 radical (unpaired) electrons. The molecule has 1 rings (SSSR count). The summed E-state index contributed by atoms with van der Waals surface area (Å²) in [5, 5.41) is 0.476. The van der Waals surface area contributed by atoms with E-state index in [1.165, 1.54) is 38.5 Å². The van der Waals surface area contributed by atoms with E-state index >= 15 is 0 Å². The summed E-state index contributed by atoms with van der Waals surface area (Å²) in [7, 11) is 0. The standard InChI is InChI=1S/C12H23NOS/c1-3-4-5-6-7-8-12-13(11(2)14)9-10-15-12/h12H,3-10H2,1-2H3. The molecule has 15 heavy (non-hydrogen) atoms. The van der Waals surface area contributed by atoms with E-state index in [1.54, 1.807) is 6.92 Å². The lowest BCUT2D eigenvalue weighted by atomic mass is 10.1. The number of hydrogen-bond donors (Lipinski definition) is 0. The Balaban J connectivity index is 2.12. The van der Waals surface area contributed by atoms with Crippen LogP contribution in [0.25, 0.3) is 0 Å². The minimum Gasteiger partial charge on any atom is -0.330 e. The van der Waals surface area contributed by atoms with Crippen LogP contribution in [0.15, 0.2) is 0 Å². The van der Waals surface area contributed by atoms with Crippen LogP contribution in [0.2, 0.25) is 0 Å². The van der Waals surface area contributed by atoms with Gasteiger partial charge in [0.2, 0.25) is 5.91 Å². The molecule has 1 aliphatic rings. The molecule has 1 aliphatic heterocycles. The number of hydrogen-bond acceptors (Lipinski definition) is 2. The first-order valence-corrected chi connectivity index (χ1v) is 7.19. The minimum absolute atomic E-state index is 0.249. The van der Waals surface area contributed by atoms with Gasteiger partial charge in [0.1, 0.15) is 0 Å². The first kappa shape index (κ1) is 12.9. The van der Waals surface area contributed by atoms with Crippen LogP contribution in [0, 0.1) is 0 Å². The van der Waals surface area contributed by atoms with Gasteiger partial charge in [0, 0.05) is 19.2 Å². The molecule has 2 nitrogen and oxygen atoms in total. The molecule has 0 N–H and O–H groups in total. The Morgan fingerprint density at radius 3 is 2.73 bits per heavy atom. The number of thioether (sulfide) groups is 1. The van der Waals surface area contributed by atoms with Gasteiger partial charge in [-0.15, -0.1) is 11.8 Å². The molecule has 0 aromatic heterocycles. The van der Waals surface area contributed by atoms with E-state index in [0.717, 1.165) is 12.3 Å². The van der Waals surface area contributed by atoms with Crippen LogP contribution >= 0.6 is 11.8 Å². The summed E-state index contributed by atoms with van der Waals surface area (Å²) >= 11 is 1.95. The van der Waals surface area contributed by atoms with E-state index in [2.05, 4.69) is 6.92 Å². The van der Waals surface area contributed by atoms with Crippen LogP contribution in [0.3, 0.4) is 0 Å². The van der Waals surface area contributed by atoms with Crippen molar-refractivity contribution in [2.24, 2.45) is 0 Å². The number of carbonyl (C=O) groups excluding carboxylic acids is 1. The SMILES string of the molecule is CCCCCCCC1SCCN1C(C)=O. The second-order valence-corrected chi connectivity index (χ2v) is 5.53. The Bertz CT molecular complexity index is 196. The van der Waals surface area contributed by atoms with Crippen LogP contribution in [0.1, 0.15) is 52.4 Å². The highest BCUT2D eigenvalue weighted by Gasteiger charge is 2.26. The van der Waals surface area contributed by atoms with E-state index in [1.807, 2.05) is 16.7 Å². The minimum atomic E-state index is 0.249. The van der Waals surface area contributed by atoms with Crippen molar-refractivity contribution < 1.29 is 4.79 Å². The molecule has 0 aliphatic carbocycles. The fourth-order valence-electron chi connectivity index (χ4n) is 2.04. The Hall–Kier alpha value is -0.180. The number of rotatable bonds is 6. The van der Waals surface area contributed by atoms with Crippen LogP contribution in [-0.4, -0.2) is 28.5 Å². The van der Waals surface area contributed by atoms with Crippen molar-refractivity contribution in [3.63, 3.8) is 0 Å². The van der Waals surface area contributed by atoms with Crippen molar-refractivity contribution in [2.45, 2.75) is 57.7 Å². The molecule has 0 aromatic carbocycles. The third-order valence-electron chi connectivity index (χ3n) is 2.95. The Labute approximate surface area is 97.8 Å². The molecule has 0 bridgehead atoms. The zero-order chi connectivity index (χ0) is 11.1. The Morgan fingerprint density at radius 2 is 2.07 bits per heavy atom. The van der Waals surface area contributed by atoms with E-state index in [0.29, 0.717) is 5.37 Å². The molecule has 3 heteroatoms. The molecule has 1 fully saturated rings. The maximum atomic E-state index is 11.3. The van der Waals surface area contributed by atoms with Gasteiger partial charge in [-0.1, -0.05) is 39.0 Å². The normalized spacial score (nSPS) is 20.9. The number of nitrogens with zero attached hydrogens (tertiary/aromatic N) is 1. The zero-order valence-electron chi connectivity index (χ0n) is 10.00. The quantitative estimate of drug-likeness (QED) is 0.652. The summed E-state index contributed by atoms with van der Waals surface area (Å²) in [6.07, 6.45) is 7.81. The van der Waals surface area contributed by atoms with E-state index < -0.39 is 0 Å². The highest BCUT2D eigenvalue weighted by Crippen LogP contribution is 2.28. The average Bonchev–Trinajstić information content (AvgIpc) is 2.66. The maximum absolute atomic E-state index is 11.3. The van der Waals surface area contributed by atoms with Gasteiger partial charge in [-0.25, -0.2) is 0 Å². The topological polar surface area (TPSA) is 20.3 Å². The fraction of sp³-hybridized carbons (Fsp3) is 0.917. The Kier molecular flexibility index (Phi) is 6.15. The molecular formula is C12H23NOS. The monoisotopic (exact) mass is 229 g/mol. The predicted octanol–water partition coefficient (Wildman–Crippen LogP) is 3.27. The molecule has 88 valence electrons. The van der Waals surface area contributed by atoms with Crippen molar-refractivity contribution >= 4 is 17.7 Å². The van der Waals surface area contributed by atoms with Crippen LogP contribution < -0.4 is 0 Å². The number of unbranched alkanes of at least 4 members (excludes halogenated alkanes) is 4. The molecule has 1 unspecified atom stereocenters. The molecule has 0 saturated carbocycles. The summed E-state index contributed by atoms with van der Waals surface area (Å²) in [4.78, 5) is 13.3. The van der Waals surface area contributed by atoms with Gasteiger partial charge in [-0.2, -0.15) is 0 Å². The lowest BCUT2D eigenvalue weighted by Crippen LogP contribution is -2.32. The summed E-state index contributed by atoms with van der Waals surface area (Å²) in [6, 6.07) is 0. The summed E-state index contributed by atoms with van der Waals surface area (Å²) in [5.74, 6) is 1.37. The van der Waals surface area contributed by atoms with E-state index in [4.69, 9.17) is 0 Å². The molecular weight excluding hydrogens is 206 g/mol. The molecule has 0 spiro atoms. The number of amides is 1. The third kappa shape index (κ3) is 4.45. The van der Waals surface area contributed by atoms with Gasteiger partial charge in [0.15, 0.2) is 0 Å². The molecule has 1 saturated heterocycles. The molecule has 1 atom stereocenters. The third-order valence-corrected chi connectivity index (χ3v) is 4.24. The van der Waals surface area contributed by atoms with Crippen molar-refractivity contribution in [1.29, 1.82) is 0 Å². The Morgan fingerprint density at radius 1 is 1.33 bits per heavy atom. The van der Waals surface area contributed by atoms with Gasteiger partial charge >= 0.3 is 0 Å². The maximum Gasteiger partial charge on any atom is 0.220 e. The fourth-order valence-corrected chi connectivity index (χ4v) is 3.38. The largest absolute Gasteiger partial charge is 0.330 e. The summed E-state index contributed by atoms with van der Waals surface area (Å²) in [6.45, 7) is 4.89. The van der Waals surface area contributed by atoms with E-state index in [-0.39, 0.29) is 5.91 Å². The van der Waals surface area contributed by atoms with Crippen molar-refractivity contribution in [1.82, 2.24) is 4.90 Å². The average molecular weight is 229 g/mol. The van der Waals surface area contributed by atoms with Gasteiger partial charge in [0.25, 0.3) is 0 Å². The highest BCUT2D eigenvalue weighted by atomic mass is 32.2. The van der Waals surface area contributed by atoms with Gasteiger partial charge in [0.05, 0.1) is 5.37 Å². The molecule has 1 amide bonds. The molecule has 1 heterocycles. The van der Waals surface area contributed by atoms with Gasteiger partial charge in [-0.05, 0) is 6.42 Å². The second kappa shape index (κ2) is 7.15. The number of carbonyl (C=O) groups is 1. The second-order valence-electron chi connectivity index (χ2n) is 4.24. The highest BCUT2D eigenvalue weighted by molar-refractivity contribution is 8.00. The lowest BCUT2D eigenvalue weighted by molar-refractivity contribution is -0.128. The van der Waals surface area contributed by atoms with E-state index in [9.17, 15) is 4.79 Å². The van der Waals surface area contributed by atoms with Crippen LogP contribution in [0.5, 0.6) is 0 Å². The van der Waals surface area contributed by atoms with Crippen molar-refractivity contribution in [3.05, 3.63) is 0 Å². The van der Waals surface area contributed by atoms with Gasteiger partial charge < -0.3 is 4.90 Å². The summed E-state index contributed by atoms with van der Waals surface area (Å²) in [5.41, 5.74) is 0. The van der Waals surface area contributed by atoms with Crippen molar-refractivity contribution in [3.8, 4) is 0 Å². The smallest absolute Gasteiger partial charge is 0.220 e.